The van der Waals surface area contributed by atoms with Crippen LogP contribution < -0.4 is 0 Å². The van der Waals surface area contributed by atoms with E-state index < -0.39 is 0 Å². The Morgan fingerprint density at radius 2 is 1.04 bits per heavy atom. The molecule has 9 rings (SSSR count). The average Bonchev–Trinajstić information content (AvgIpc) is 2.58. The molecule has 0 aliphatic heterocycles. The summed E-state index contributed by atoms with van der Waals surface area (Å²) < 4.78 is 0. The van der Waals surface area contributed by atoms with Crippen molar-refractivity contribution in [3.8, 4) is 5.75 Å². The molecule has 8 saturated carbocycles. The third kappa shape index (κ3) is 2.20. The molecular weight excluding hydrogens is 340 g/mol. The molecule has 0 spiro atoms. The summed E-state index contributed by atoms with van der Waals surface area (Å²) in [6, 6.07) is 4.67. The van der Waals surface area contributed by atoms with Crippen LogP contribution in [-0.2, 0) is 10.8 Å². The summed E-state index contributed by atoms with van der Waals surface area (Å²) in [5.74, 6) is 6.41. The third-order valence-corrected chi connectivity index (χ3v) is 10.4. The van der Waals surface area contributed by atoms with E-state index in [2.05, 4.69) is 19.1 Å². The topological polar surface area (TPSA) is 20.2 Å². The van der Waals surface area contributed by atoms with Crippen LogP contribution in [0.2, 0.25) is 0 Å². The minimum Gasteiger partial charge on any atom is -0.508 e. The molecule has 1 aromatic carbocycles. The van der Waals surface area contributed by atoms with Gasteiger partial charge in [-0.3, -0.25) is 0 Å². The maximum absolute atomic E-state index is 11.4. The number of phenolic OH excluding ortho intramolecular Hbond substituents is 1. The molecule has 8 aliphatic carbocycles. The zero-order valence-electron chi connectivity index (χ0n) is 17.6. The summed E-state index contributed by atoms with van der Waals surface area (Å²) in [5.41, 5.74) is 5.11. The van der Waals surface area contributed by atoms with Crippen molar-refractivity contribution in [2.75, 3.05) is 0 Å². The fourth-order valence-electron chi connectivity index (χ4n) is 10.6. The predicted octanol–water partition coefficient (Wildman–Crippen LogP) is 6.64. The molecule has 8 aliphatic rings. The third-order valence-electron chi connectivity index (χ3n) is 10.4. The van der Waals surface area contributed by atoms with Crippen molar-refractivity contribution in [1.82, 2.24) is 0 Å². The van der Waals surface area contributed by atoms with Gasteiger partial charge in [-0.15, -0.1) is 0 Å². The highest BCUT2D eigenvalue weighted by molar-refractivity contribution is 5.52. The van der Waals surface area contributed by atoms with Gasteiger partial charge in [0.15, 0.2) is 0 Å². The molecule has 0 saturated heterocycles. The molecule has 1 heteroatoms. The zero-order chi connectivity index (χ0) is 18.7. The van der Waals surface area contributed by atoms with Crippen molar-refractivity contribution >= 4 is 0 Å². The fourth-order valence-corrected chi connectivity index (χ4v) is 10.6. The first kappa shape index (κ1) is 16.8. The summed E-state index contributed by atoms with van der Waals surface area (Å²) in [7, 11) is 0. The van der Waals surface area contributed by atoms with Crippen molar-refractivity contribution < 1.29 is 5.11 Å². The molecule has 28 heavy (non-hydrogen) atoms. The molecule has 0 aromatic heterocycles. The molecule has 8 bridgehead atoms. The number of phenols is 1. The van der Waals surface area contributed by atoms with Crippen LogP contribution in [0.25, 0.3) is 0 Å². The van der Waals surface area contributed by atoms with Crippen LogP contribution in [0.1, 0.15) is 93.7 Å². The van der Waals surface area contributed by atoms with Gasteiger partial charge in [0, 0.05) is 11.0 Å². The zero-order valence-corrected chi connectivity index (χ0v) is 17.6. The van der Waals surface area contributed by atoms with Gasteiger partial charge >= 0.3 is 0 Å². The van der Waals surface area contributed by atoms with Gasteiger partial charge in [0.1, 0.15) is 5.75 Å². The largest absolute Gasteiger partial charge is 0.508 e. The number of benzene rings is 1. The number of hydrogen-bond acceptors (Lipinski definition) is 1. The highest BCUT2D eigenvalue weighted by Crippen LogP contribution is 2.66. The Morgan fingerprint density at radius 1 is 0.643 bits per heavy atom. The highest BCUT2D eigenvalue weighted by atomic mass is 16.3. The molecule has 1 N–H and O–H groups in total. The second-order valence-electron chi connectivity index (χ2n) is 12.6. The smallest absolute Gasteiger partial charge is 0.119 e. The first-order valence-electron chi connectivity index (χ1n) is 12.3. The van der Waals surface area contributed by atoms with Gasteiger partial charge in [0.2, 0.25) is 0 Å². The SMILES string of the molecule is Cc1cc(O)c(C23CC4CC(CC(C4)C2)C3)c(C23CC4CC(CC(C4)C2)C3)c1. The lowest BCUT2D eigenvalue weighted by Crippen LogP contribution is -2.52. The molecule has 0 heterocycles. The van der Waals surface area contributed by atoms with Crippen LogP contribution in [0.3, 0.4) is 0 Å². The van der Waals surface area contributed by atoms with Crippen LogP contribution in [0, 0.1) is 42.4 Å². The van der Waals surface area contributed by atoms with E-state index in [0.29, 0.717) is 16.6 Å². The second kappa shape index (κ2) is 5.38. The van der Waals surface area contributed by atoms with E-state index in [1.54, 1.807) is 5.56 Å². The van der Waals surface area contributed by atoms with E-state index >= 15 is 0 Å². The first-order valence-corrected chi connectivity index (χ1v) is 12.3. The van der Waals surface area contributed by atoms with Crippen LogP contribution in [0.5, 0.6) is 5.75 Å². The number of aryl methyl sites for hydroxylation is 1. The first-order chi connectivity index (χ1) is 13.5. The van der Waals surface area contributed by atoms with Crippen molar-refractivity contribution in [3.63, 3.8) is 0 Å². The summed E-state index contributed by atoms with van der Waals surface area (Å²) in [6.45, 7) is 2.22. The van der Waals surface area contributed by atoms with E-state index in [-0.39, 0.29) is 0 Å². The Hall–Kier alpha value is -0.980. The van der Waals surface area contributed by atoms with Gasteiger partial charge in [-0.25, -0.2) is 0 Å². The molecule has 150 valence electrons. The van der Waals surface area contributed by atoms with Crippen molar-refractivity contribution in [2.45, 2.75) is 94.8 Å². The molecule has 1 nitrogen and oxygen atoms in total. The monoisotopic (exact) mass is 376 g/mol. The number of aromatic hydroxyl groups is 1. The maximum Gasteiger partial charge on any atom is 0.119 e. The van der Waals surface area contributed by atoms with Crippen LogP contribution in [-0.4, -0.2) is 5.11 Å². The van der Waals surface area contributed by atoms with Crippen molar-refractivity contribution in [3.05, 3.63) is 28.8 Å². The fraction of sp³-hybridized carbons (Fsp3) is 0.778. The lowest BCUT2D eigenvalue weighted by Gasteiger charge is -2.61. The standard InChI is InChI=1S/C27H36O/c1-16-2-23(26-10-17-4-18(11-26)6-19(5-17)12-26)25(24(28)3-16)27-13-20-7-21(14-27)9-22(8-20)15-27/h2-3,17-22,28H,4-15H2,1H3. The highest BCUT2D eigenvalue weighted by Gasteiger charge is 2.57. The molecule has 0 atom stereocenters. The van der Waals surface area contributed by atoms with E-state index in [9.17, 15) is 5.11 Å². The Morgan fingerprint density at radius 3 is 1.46 bits per heavy atom. The second-order valence-corrected chi connectivity index (χ2v) is 12.6. The molecule has 8 fully saturated rings. The van der Waals surface area contributed by atoms with Crippen LogP contribution in [0.4, 0.5) is 0 Å². The van der Waals surface area contributed by atoms with Crippen LogP contribution in [0.15, 0.2) is 12.1 Å². The average molecular weight is 377 g/mol. The number of rotatable bonds is 2. The van der Waals surface area contributed by atoms with Crippen molar-refractivity contribution in [1.29, 1.82) is 0 Å². The van der Waals surface area contributed by atoms with E-state index in [4.69, 9.17) is 0 Å². The van der Waals surface area contributed by atoms with Gasteiger partial charge in [0.25, 0.3) is 0 Å². The summed E-state index contributed by atoms with van der Waals surface area (Å²) >= 11 is 0. The minimum absolute atomic E-state index is 0.311. The van der Waals surface area contributed by atoms with E-state index in [1.807, 2.05) is 0 Å². The van der Waals surface area contributed by atoms with Gasteiger partial charge in [-0.05, 0) is 142 Å². The summed E-state index contributed by atoms with van der Waals surface area (Å²) in [4.78, 5) is 0. The van der Waals surface area contributed by atoms with E-state index in [1.165, 1.54) is 88.2 Å². The number of hydrogen-bond donors (Lipinski definition) is 1. The van der Waals surface area contributed by atoms with Crippen LogP contribution >= 0.6 is 0 Å². The quantitative estimate of drug-likeness (QED) is 0.613. The Labute approximate surface area is 170 Å². The molecule has 0 amide bonds. The summed E-state index contributed by atoms with van der Waals surface area (Å²) in [6.07, 6.45) is 17.3. The van der Waals surface area contributed by atoms with E-state index in [0.717, 1.165) is 35.5 Å². The summed E-state index contributed by atoms with van der Waals surface area (Å²) in [5, 5.41) is 11.4. The normalized spacial score (nSPS) is 50.5. The Balaban J connectivity index is 1.41. The van der Waals surface area contributed by atoms with Crippen molar-refractivity contribution in [2.24, 2.45) is 35.5 Å². The minimum atomic E-state index is 0.311. The van der Waals surface area contributed by atoms with Gasteiger partial charge in [0.05, 0.1) is 0 Å². The molecule has 1 aromatic rings. The maximum atomic E-state index is 11.4. The molecule has 0 unspecified atom stereocenters. The van der Waals surface area contributed by atoms with Gasteiger partial charge < -0.3 is 5.11 Å². The Bertz CT molecular complexity index is 762. The molecular formula is C27H36O. The predicted molar refractivity (Wildman–Crippen MR) is 113 cm³/mol. The lowest BCUT2D eigenvalue weighted by molar-refractivity contribution is -0.0182. The van der Waals surface area contributed by atoms with Gasteiger partial charge in [-0.1, -0.05) is 6.07 Å². The Kier molecular flexibility index (Phi) is 3.22. The van der Waals surface area contributed by atoms with Gasteiger partial charge in [-0.2, -0.15) is 0 Å². The lowest BCUT2D eigenvalue weighted by atomic mass is 9.44. The molecule has 0 radical (unpaired) electrons.